The Balaban J connectivity index is 1.75. The van der Waals surface area contributed by atoms with Crippen LogP contribution in [0.1, 0.15) is 12.8 Å². The molecule has 1 N–H and O–H groups in total. The van der Waals surface area contributed by atoms with Gasteiger partial charge in [-0.2, -0.15) is 0 Å². The first-order chi connectivity index (χ1) is 9.17. The first-order valence-electron chi connectivity index (χ1n) is 6.19. The maximum absolute atomic E-state index is 5.94. The van der Waals surface area contributed by atoms with Crippen LogP contribution in [0.4, 0.5) is 5.69 Å². The fourth-order valence-corrected chi connectivity index (χ4v) is 4.24. The molecule has 0 atom stereocenters. The Kier molecular flexibility index (Phi) is 4.08. The van der Waals surface area contributed by atoms with Crippen LogP contribution in [0.5, 0.6) is 0 Å². The molecule has 0 unspecified atom stereocenters. The van der Waals surface area contributed by atoms with Crippen LogP contribution < -0.4 is 5.32 Å². The van der Waals surface area contributed by atoms with Gasteiger partial charge in [0.2, 0.25) is 0 Å². The second kappa shape index (κ2) is 5.64. The maximum Gasteiger partial charge on any atom is 0.161 e. The molecule has 1 aromatic carbocycles. The lowest BCUT2D eigenvalue weighted by Crippen LogP contribution is -2.34. The van der Waals surface area contributed by atoms with Crippen LogP contribution >= 0.6 is 39.3 Å². The third-order valence-electron chi connectivity index (χ3n) is 3.41. The lowest BCUT2D eigenvalue weighted by molar-refractivity contribution is 0.0624. The summed E-state index contributed by atoms with van der Waals surface area (Å²) in [5.41, 5.74) is 1.09. The highest BCUT2D eigenvalue weighted by Crippen LogP contribution is 2.37. The second-order valence-corrected chi connectivity index (χ2v) is 7.05. The van der Waals surface area contributed by atoms with Gasteiger partial charge >= 0.3 is 0 Å². The number of thioether (sulfide) groups is 1. The summed E-state index contributed by atoms with van der Waals surface area (Å²) in [5, 5.41) is 5.09. The fraction of sp³-hybridized carbons (Fsp3) is 0.462. The maximum atomic E-state index is 5.94. The molecular formula is C13H14BrClN2OS. The van der Waals surface area contributed by atoms with E-state index >= 15 is 0 Å². The molecule has 1 fully saturated rings. The van der Waals surface area contributed by atoms with E-state index in [9.17, 15) is 0 Å². The van der Waals surface area contributed by atoms with Gasteiger partial charge in [0.15, 0.2) is 5.17 Å². The minimum Gasteiger partial charge on any atom is -0.381 e. The highest BCUT2D eigenvalue weighted by atomic mass is 79.9. The number of anilines is 1. The normalized spacial score (nSPS) is 21.5. The average Bonchev–Trinajstić information content (AvgIpc) is 2.77. The fourth-order valence-electron chi connectivity index (χ4n) is 2.26. The number of amidine groups is 1. The van der Waals surface area contributed by atoms with Crippen molar-refractivity contribution in [2.45, 2.75) is 18.4 Å². The summed E-state index contributed by atoms with van der Waals surface area (Å²) >= 11 is 11.2. The van der Waals surface area contributed by atoms with Crippen molar-refractivity contribution in [2.24, 2.45) is 4.99 Å². The van der Waals surface area contributed by atoms with Gasteiger partial charge < -0.3 is 10.1 Å². The number of nitrogens with zero attached hydrogens (tertiary/aromatic N) is 1. The monoisotopic (exact) mass is 360 g/mol. The summed E-state index contributed by atoms with van der Waals surface area (Å²) in [6.45, 7) is 1.64. The Bertz CT molecular complexity index is 517. The standard InChI is InChI=1S/C13H14BrClN2OS/c14-10-7-9(15)1-2-11(10)16-12-17-13(8-19-12)3-5-18-6-4-13/h1-2,7H,3-6,8H2,(H,16,17). The Morgan fingerprint density at radius 2 is 2.16 bits per heavy atom. The lowest BCUT2D eigenvalue weighted by Gasteiger charge is -2.29. The summed E-state index contributed by atoms with van der Waals surface area (Å²) in [4.78, 5) is 4.87. The first-order valence-corrected chi connectivity index (χ1v) is 8.35. The van der Waals surface area contributed by atoms with Gasteiger partial charge in [0.1, 0.15) is 0 Å². The van der Waals surface area contributed by atoms with Crippen LogP contribution in [0, 0.1) is 0 Å². The third kappa shape index (κ3) is 3.10. The Morgan fingerprint density at radius 3 is 2.89 bits per heavy atom. The summed E-state index contributed by atoms with van der Waals surface area (Å²) in [6, 6.07) is 5.72. The summed E-state index contributed by atoms with van der Waals surface area (Å²) in [7, 11) is 0. The number of hydrogen-bond acceptors (Lipinski definition) is 4. The van der Waals surface area contributed by atoms with E-state index < -0.39 is 0 Å². The van der Waals surface area contributed by atoms with Crippen molar-refractivity contribution in [3.63, 3.8) is 0 Å². The van der Waals surface area contributed by atoms with E-state index in [4.69, 9.17) is 21.3 Å². The molecule has 1 spiro atoms. The van der Waals surface area contributed by atoms with Gasteiger partial charge in [0.05, 0.1) is 11.2 Å². The molecule has 0 aliphatic carbocycles. The van der Waals surface area contributed by atoms with Crippen LogP contribution in [-0.2, 0) is 4.74 Å². The van der Waals surface area contributed by atoms with Gasteiger partial charge in [-0.25, -0.2) is 0 Å². The van der Waals surface area contributed by atoms with E-state index in [2.05, 4.69) is 21.2 Å². The molecule has 19 heavy (non-hydrogen) atoms. The molecule has 6 heteroatoms. The molecule has 1 saturated heterocycles. The predicted octanol–water partition coefficient (Wildman–Crippen LogP) is 4.17. The minimum absolute atomic E-state index is 0.0875. The van der Waals surface area contributed by atoms with Crippen molar-refractivity contribution >= 4 is 50.1 Å². The second-order valence-electron chi connectivity index (χ2n) is 4.79. The molecular weight excluding hydrogens is 348 g/mol. The lowest BCUT2D eigenvalue weighted by atomic mass is 9.93. The van der Waals surface area contributed by atoms with Crippen molar-refractivity contribution in [1.82, 2.24) is 0 Å². The van der Waals surface area contributed by atoms with Crippen molar-refractivity contribution in [3.05, 3.63) is 27.7 Å². The highest BCUT2D eigenvalue weighted by Gasteiger charge is 2.37. The Morgan fingerprint density at radius 1 is 1.37 bits per heavy atom. The molecule has 0 aromatic heterocycles. The third-order valence-corrected chi connectivity index (χ3v) is 5.45. The van der Waals surface area contributed by atoms with Crippen LogP contribution in [0.2, 0.25) is 5.02 Å². The smallest absolute Gasteiger partial charge is 0.161 e. The van der Waals surface area contributed by atoms with Crippen molar-refractivity contribution in [2.75, 3.05) is 24.3 Å². The number of halogens is 2. The quantitative estimate of drug-likeness (QED) is 0.815. The van der Waals surface area contributed by atoms with Crippen LogP contribution in [-0.4, -0.2) is 29.7 Å². The number of benzene rings is 1. The van der Waals surface area contributed by atoms with Crippen LogP contribution in [0.15, 0.2) is 27.7 Å². The molecule has 0 bridgehead atoms. The topological polar surface area (TPSA) is 33.6 Å². The number of nitrogens with one attached hydrogen (secondary N) is 1. The zero-order chi connectivity index (χ0) is 13.3. The van der Waals surface area contributed by atoms with Gasteiger partial charge in [-0.15, -0.1) is 0 Å². The molecule has 0 radical (unpaired) electrons. The van der Waals surface area contributed by atoms with E-state index in [1.54, 1.807) is 11.8 Å². The van der Waals surface area contributed by atoms with Crippen molar-refractivity contribution in [3.8, 4) is 0 Å². The Labute approximate surface area is 130 Å². The molecule has 1 aromatic rings. The average molecular weight is 362 g/mol. The first kappa shape index (κ1) is 13.7. The van der Waals surface area contributed by atoms with E-state index in [1.165, 1.54) is 0 Å². The van der Waals surface area contributed by atoms with Gasteiger partial charge in [-0.05, 0) is 47.0 Å². The number of ether oxygens (including phenoxy) is 1. The Hall–Kier alpha value is -0.230. The highest BCUT2D eigenvalue weighted by molar-refractivity contribution is 9.10. The minimum atomic E-state index is 0.0875. The van der Waals surface area contributed by atoms with E-state index in [1.807, 2.05) is 18.2 Å². The summed E-state index contributed by atoms with van der Waals surface area (Å²) in [6.07, 6.45) is 2.04. The zero-order valence-electron chi connectivity index (χ0n) is 10.3. The van der Waals surface area contributed by atoms with Crippen LogP contribution in [0.25, 0.3) is 0 Å². The molecule has 102 valence electrons. The van der Waals surface area contributed by atoms with Crippen LogP contribution in [0.3, 0.4) is 0 Å². The van der Waals surface area contributed by atoms with Gasteiger partial charge in [-0.3, -0.25) is 4.99 Å². The van der Waals surface area contributed by atoms with Crippen molar-refractivity contribution < 1.29 is 4.74 Å². The zero-order valence-corrected chi connectivity index (χ0v) is 13.4. The molecule has 2 heterocycles. The largest absolute Gasteiger partial charge is 0.381 e. The van der Waals surface area contributed by atoms with E-state index in [0.29, 0.717) is 0 Å². The van der Waals surface area contributed by atoms with Gasteiger partial charge in [0.25, 0.3) is 0 Å². The predicted molar refractivity (Wildman–Crippen MR) is 85.5 cm³/mol. The molecule has 0 saturated carbocycles. The number of rotatable bonds is 1. The number of aliphatic imine (C=N–C) groups is 1. The van der Waals surface area contributed by atoms with Gasteiger partial charge in [0, 0.05) is 28.5 Å². The molecule has 0 amide bonds. The SMILES string of the molecule is Clc1ccc(NC2=NC3(CCOCC3)CS2)c(Br)c1. The van der Waals surface area contributed by atoms with E-state index in [-0.39, 0.29) is 5.54 Å². The van der Waals surface area contributed by atoms with Gasteiger partial charge in [-0.1, -0.05) is 23.4 Å². The summed E-state index contributed by atoms with van der Waals surface area (Å²) in [5.74, 6) is 1.05. The van der Waals surface area contributed by atoms with Crippen molar-refractivity contribution in [1.29, 1.82) is 0 Å². The molecule has 3 rings (SSSR count). The summed E-state index contributed by atoms with van der Waals surface area (Å²) < 4.78 is 6.38. The number of hydrogen-bond donors (Lipinski definition) is 1. The molecule has 2 aliphatic rings. The molecule has 2 aliphatic heterocycles. The van der Waals surface area contributed by atoms with E-state index in [0.717, 1.165) is 52.2 Å². The molecule has 3 nitrogen and oxygen atoms in total.